The number of nitrogens with one attached hydrogen (secondary N) is 1. The number of carbonyl (C=O) groups excluding carboxylic acids is 2. The Balaban J connectivity index is 2.30. The molecule has 0 aliphatic heterocycles. The van der Waals surface area contributed by atoms with Crippen LogP contribution in [0.2, 0.25) is 0 Å². The van der Waals surface area contributed by atoms with Gasteiger partial charge in [-0.3, -0.25) is 9.59 Å². The van der Waals surface area contributed by atoms with Gasteiger partial charge < -0.3 is 9.88 Å². The van der Waals surface area contributed by atoms with Crippen molar-refractivity contribution < 1.29 is 9.59 Å². The van der Waals surface area contributed by atoms with Gasteiger partial charge in [0.1, 0.15) is 0 Å². The van der Waals surface area contributed by atoms with Crippen LogP contribution in [0.25, 0.3) is 6.08 Å². The van der Waals surface area contributed by atoms with Crippen LogP contribution in [0.1, 0.15) is 21.6 Å². The molecule has 1 aromatic rings. The first-order chi connectivity index (χ1) is 7.59. The number of H-pyrrole nitrogens is 1. The summed E-state index contributed by atoms with van der Waals surface area (Å²) in [6.07, 6.45) is 5.57. The van der Waals surface area contributed by atoms with Crippen LogP contribution in [0.3, 0.4) is 0 Å². The number of rotatable bonds is 3. The summed E-state index contributed by atoms with van der Waals surface area (Å²) in [6.45, 7) is 0.857. The van der Waals surface area contributed by atoms with Crippen LogP contribution in [-0.2, 0) is 11.2 Å². The van der Waals surface area contributed by atoms with Gasteiger partial charge in [-0.15, -0.1) is 0 Å². The maximum absolute atomic E-state index is 11.7. The van der Waals surface area contributed by atoms with E-state index in [4.69, 9.17) is 0 Å². The standard InChI is InChI=1S/C12H14N2O2/c1-14(2)6-5-8-7-13-9-3-4-10(15)12(16)11(8)9/h3-4,7,13H,5-6H2,1-2H3. The van der Waals surface area contributed by atoms with Gasteiger partial charge in [-0.25, -0.2) is 0 Å². The van der Waals surface area contributed by atoms with Crippen molar-refractivity contribution in [3.8, 4) is 0 Å². The number of fused-ring (bicyclic) bond motifs is 1. The fourth-order valence-electron chi connectivity index (χ4n) is 1.78. The Labute approximate surface area is 93.9 Å². The minimum atomic E-state index is -0.432. The third kappa shape index (κ3) is 1.84. The molecule has 0 radical (unpaired) electrons. The summed E-state index contributed by atoms with van der Waals surface area (Å²) in [5.74, 6) is -0.828. The lowest BCUT2D eigenvalue weighted by molar-refractivity contribution is -0.110. The highest BCUT2D eigenvalue weighted by Crippen LogP contribution is 2.21. The van der Waals surface area contributed by atoms with E-state index < -0.39 is 11.6 Å². The zero-order chi connectivity index (χ0) is 11.7. The minimum absolute atomic E-state index is 0.396. The van der Waals surface area contributed by atoms with E-state index in [1.54, 1.807) is 6.08 Å². The number of ketones is 2. The van der Waals surface area contributed by atoms with Crippen LogP contribution in [0.5, 0.6) is 0 Å². The normalized spacial score (nSPS) is 14.7. The number of nitrogens with zero attached hydrogens (tertiary/aromatic N) is 1. The molecule has 0 aromatic carbocycles. The number of allylic oxidation sites excluding steroid dienone is 1. The van der Waals surface area contributed by atoms with E-state index in [9.17, 15) is 9.59 Å². The van der Waals surface area contributed by atoms with Crippen LogP contribution in [0.4, 0.5) is 0 Å². The molecule has 0 bridgehead atoms. The van der Waals surface area contributed by atoms with Crippen molar-refractivity contribution in [2.45, 2.75) is 6.42 Å². The molecule has 0 saturated heterocycles. The summed E-state index contributed by atoms with van der Waals surface area (Å²) >= 11 is 0. The average Bonchev–Trinajstić information content (AvgIpc) is 2.64. The lowest BCUT2D eigenvalue weighted by Gasteiger charge is -2.10. The van der Waals surface area contributed by atoms with Crippen molar-refractivity contribution in [1.82, 2.24) is 9.88 Å². The van der Waals surface area contributed by atoms with Crippen molar-refractivity contribution in [2.75, 3.05) is 20.6 Å². The summed E-state index contributed by atoms with van der Waals surface area (Å²) < 4.78 is 0. The monoisotopic (exact) mass is 218 g/mol. The molecule has 4 nitrogen and oxygen atoms in total. The van der Waals surface area contributed by atoms with Crippen LogP contribution >= 0.6 is 0 Å². The zero-order valence-electron chi connectivity index (χ0n) is 9.41. The van der Waals surface area contributed by atoms with E-state index in [1.807, 2.05) is 25.2 Å². The average molecular weight is 218 g/mol. The summed E-state index contributed by atoms with van der Waals surface area (Å²) in [5, 5.41) is 0. The largest absolute Gasteiger partial charge is 0.361 e. The van der Waals surface area contributed by atoms with Crippen molar-refractivity contribution in [1.29, 1.82) is 0 Å². The second-order valence-electron chi connectivity index (χ2n) is 4.18. The maximum atomic E-state index is 11.7. The van der Waals surface area contributed by atoms with Crippen LogP contribution in [-0.4, -0.2) is 42.1 Å². The van der Waals surface area contributed by atoms with E-state index in [0.717, 1.165) is 24.2 Å². The summed E-state index contributed by atoms with van der Waals surface area (Å²) in [5.41, 5.74) is 2.22. The van der Waals surface area contributed by atoms with Gasteiger partial charge in [0.05, 0.1) is 5.56 Å². The third-order valence-electron chi connectivity index (χ3n) is 2.67. The molecule has 1 aromatic heterocycles. The summed E-state index contributed by atoms with van der Waals surface area (Å²) in [4.78, 5) is 28.1. The van der Waals surface area contributed by atoms with Crippen molar-refractivity contribution in [2.24, 2.45) is 0 Å². The molecule has 1 aliphatic carbocycles. The molecule has 0 atom stereocenters. The number of aromatic nitrogens is 1. The Bertz CT molecular complexity index is 469. The molecule has 1 heterocycles. The van der Waals surface area contributed by atoms with Gasteiger partial charge in [0.15, 0.2) is 0 Å². The number of carbonyl (C=O) groups is 2. The zero-order valence-corrected chi connectivity index (χ0v) is 9.41. The number of hydrogen-bond acceptors (Lipinski definition) is 3. The third-order valence-corrected chi connectivity index (χ3v) is 2.67. The second kappa shape index (κ2) is 4.06. The van der Waals surface area contributed by atoms with Crippen molar-refractivity contribution in [3.05, 3.63) is 29.1 Å². The minimum Gasteiger partial charge on any atom is -0.361 e. The molecule has 16 heavy (non-hydrogen) atoms. The maximum Gasteiger partial charge on any atom is 0.235 e. The van der Waals surface area contributed by atoms with Crippen LogP contribution < -0.4 is 0 Å². The van der Waals surface area contributed by atoms with Crippen LogP contribution in [0.15, 0.2) is 12.3 Å². The highest BCUT2D eigenvalue weighted by atomic mass is 16.2. The molecule has 84 valence electrons. The number of hydrogen-bond donors (Lipinski definition) is 1. The molecule has 0 unspecified atom stereocenters. The summed E-state index contributed by atoms with van der Waals surface area (Å²) in [7, 11) is 3.96. The fourth-order valence-corrected chi connectivity index (χ4v) is 1.78. The second-order valence-corrected chi connectivity index (χ2v) is 4.18. The molecule has 0 fully saturated rings. The fraction of sp³-hybridized carbons (Fsp3) is 0.333. The van der Waals surface area contributed by atoms with E-state index in [0.29, 0.717) is 5.56 Å². The van der Waals surface area contributed by atoms with Gasteiger partial charge in [0.25, 0.3) is 0 Å². The Morgan fingerprint density at radius 3 is 2.69 bits per heavy atom. The number of aromatic amines is 1. The molecule has 1 aliphatic rings. The van der Waals surface area contributed by atoms with Gasteiger partial charge in [0.2, 0.25) is 11.6 Å². The van der Waals surface area contributed by atoms with Gasteiger partial charge in [0, 0.05) is 18.4 Å². The quantitative estimate of drug-likeness (QED) is 0.767. The van der Waals surface area contributed by atoms with Crippen LogP contribution in [0, 0.1) is 0 Å². The first-order valence-corrected chi connectivity index (χ1v) is 5.21. The lowest BCUT2D eigenvalue weighted by Crippen LogP contribution is -2.19. The number of Topliss-reactive ketones (excluding diaryl/α,β-unsaturated/α-hetero) is 1. The van der Waals surface area contributed by atoms with E-state index in [-0.39, 0.29) is 0 Å². The predicted molar refractivity (Wildman–Crippen MR) is 61.4 cm³/mol. The molecule has 4 heteroatoms. The smallest absolute Gasteiger partial charge is 0.235 e. The first kappa shape index (κ1) is 10.8. The molecule has 0 spiro atoms. The molecule has 0 amide bonds. The van der Waals surface area contributed by atoms with E-state index in [1.165, 1.54) is 6.08 Å². The van der Waals surface area contributed by atoms with Gasteiger partial charge in [-0.05, 0) is 38.2 Å². The topological polar surface area (TPSA) is 53.2 Å². The first-order valence-electron chi connectivity index (χ1n) is 5.21. The lowest BCUT2D eigenvalue weighted by atomic mass is 9.96. The predicted octanol–water partition coefficient (Wildman–Crippen LogP) is 0.897. The van der Waals surface area contributed by atoms with Gasteiger partial charge in [-0.1, -0.05) is 0 Å². The van der Waals surface area contributed by atoms with Crippen molar-refractivity contribution >= 4 is 17.6 Å². The highest BCUT2D eigenvalue weighted by molar-refractivity contribution is 6.50. The highest BCUT2D eigenvalue weighted by Gasteiger charge is 2.25. The Kier molecular flexibility index (Phi) is 2.75. The summed E-state index contributed by atoms with van der Waals surface area (Å²) in [6, 6.07) is 0. The number of likely N-dealkylation sites (N-methyl/N-ethyl adjacent to an activating group) is 1. The van der Waals surface area contributed by atoms with E-state index >= 15 is 0 Å². The molecule has 0 saturated carbocycles. The van der Waals surface area contributed by atoms with Gasteiger partial charge >= 0.3 is 0 Å². The molecular formula is C12H14N2O2. The Morgan fingerprint density at radius 1 is 1.25 bits per heavy atom. The SMILES string of the molecule is CN(C)CCc1c[nH]c2c1C(=O)C(=O)C=C2. The Morgan fingerprint density at radius 2 is 2.00 bits per heavy atom. The molecule has 2 rings (SSSR count). The molecule has 1 N–H and O–H groups in total. The van der Waals surface area contributed by atoms with E-state index in [2.05, 4.69) is 4.98 Å². The Hall–Kier alpha value is -1.68. The molecular weight excluding hydrogens is 204 g/mol. The van der Waals surface area contributed by atoms with Crippen molar-refractivity contribution in [3.63, 3.8) is 0 Å². The van der Waals surface area contributed by atoms with Gasteiger partial charge in [-0.2, -0.15) is 0 Å².